The summed E-state index contributed by atoms with van der Waals surface area (Å²) in [7, 11) is 0. The zero-order chi connectivity index (χ0) is 18.6. The average Bonchev–Trinajstić information content (AvgIpc) is 2.48. The number of rotatable bonds is 15. The molecule has 0 fully saturated rings. The molecule has 0 saturated heterocycles. The molecular weight excluding hydrogens is 300 g/mol. The minimum atomic E-state index is -0.287. The molecule has 0 atom stereocenters. The van der Waals surface area contributed by atoms with Crippen LogP contribution < -0.4 is 0 Å². The molecule has 0 unspecified atom stereocenters. The summed E-state index contributed by atoms with van der Waals surface area (Å²) in [6, 6.07) is 0. The maximum atomic E-state index is 5.79. The summed E-state index contributed by atoms with van der Waals surface area (Å²) in [5, 5.41) is 0. The first kappa shape index (κ1) is 22.4. The Morgan fingerprint density at radius 3 is 2.04 bits per heavy atom. The molecule has 0 bridgehead atoms. The van der Waals surface area contributed by atoms with Crippen molar-refractivity contribution < 1.29 is 14.2 Å². The van der Waals surface area contributed by atoms with Crippen molar-refractivity contribution in [3.8, 4) is 0 Å². The Hall–Kier alpha value is -1.64. The lowest BCUT2D eigenvalue weighted by atomic mass is 9.81. The van der Waals surface area contributed by atoms with Crippen molar-refractivity contribution in [3.63, 3.8) is 0 Å². The fraction of sp³-hybridized carbons (Fsp3) is 0.619. The van der Waals surface area contributed by atoms with Crippen LogP contribution in [0.5, 0.6) is 0 Å². The van der Waals surface area contributed by atoms with Gasteiger partial charge in [0.2, 0.25) is 0 Å². The number of hydrogen-bond acceptors (Lipinski definition) is 3. The Morgan fingerprint density at radius 2 is 1.46 bits per heavy atom. The van der Waals surface area contributed by atoms with E-state index in [0.29, 0.717) is 19.2 Å². The maximum Gasteiger partial charge on any atom is 0.272 e. The van der Waals surface area contributed by atoms with Crippen LogP contribution in [-0.4, -0.2) is 18.8 Å². The first-order chi connectivity index (χ1) is 11.1. The van der Waals surface area contributed by atoms with Gasteiger partial charge in [-0.2, -0.15) is 0 Å². The van der Waals surface area contributed by atoms with Crippen LogP contribution in [0.1, 0.15) is 59.8 Å². The van der Waals surface area contributed by atoms with Crippen LogP contribution >= 0.6 is 0 Å². The normalized spacial score (nSPS) is 11.5. The third kappa shape index (κ3) is 11.9. The van der Waals surface area contributed by atoms with Gasteiger partial charge in [-0.3, -0.25) is 0 Å². The summed E-state index contributed by atoms with van der Waals surface area (Å²) in [4.78, 5) is 0. The lowest BCUT2D eigenvalue weighted by molar-refractivity contribution is -0.0534. The van der Waals surface area contributed by atoms with E-state index in [1.807, 2.05) is 0 Å². The van der Waals surface area contributed by atoms with Gasteiger partial charge in [0.15, 0.2) is 0 Å². The second kappa shape index (κ2) is 11.0. The largest absolute Gasteiger partial charge is 0.495 e. The Bertz CT molecular complexity index is 419. The molecule has 0 aliphatic carbocycles. The molecule has 0 aliphatic rings. The molecule has 24 heavy (non-hydrogen) atoms. The van der Waals surface area contributed by atoms with Crippen molar-refractivity contribution in [2.24, 2.45) is 5.41 Å². The number of allylic oxidation sites excluding steroid dienone is 1. The summed E-state index contributed by atoms with van der Waals surface area (Å²) >= 11 is 0. The van der Waals surface area contributed by atoms with E-state index in [0.717, 1.165) is 37.9 Å². The van der Waals surface area contributed by atoms with Crippen molar-refractivity contribution >= 4 is 0 Å². The van der Waals surface area contributed by atoms with Crippen molar-refractivity contribution in [3.05, 3.63) is 50.2 Å². The van der Waals surface area contributed by atoms with Gasteiger partial charge < -0.3 is 14.2 Å². The van der Waals surface area contributed by atoms with Crippen LogP contribution in [0.2, 0.25) is 0 Å². The zero-order valence-corrected chi connectivity index (χ0v) is 16.2. The topological polar surface area (TPSA) is 27.7 Å². The van der Waals surface area contributed by atoms with Crippen LogP contribution in [0.25, 0.3) is 0 Å². The van der Waals surface area contributed by atoms with Gasteiger partial charge in [-0.05, 0) is 51.5 Å². The van der Waals surface area contributed by atoms with E-state index in [1.165, 1.54) is 0 Å². The first-order valence-electron chi connectivity index (χ1n) is 8.65. The van der Waals surface area contributed by atoms with Crippen LogP contribution in [0, 0.1) is 5.41 Å². The molecule has 0 amide bonds. The highest BCUT2D eigenvalue weighted by Gasteiger charge is 2.24. The van der Waals surface area contributed by atoms with E-state index in [4.69, 9.17) is 14.2 Å². The quantitative estimate of drug-likeness (QED) is 0.265. The molecule has 0 N–H and O–H groups in total. The maximum absolute atomic E-state index is 5.79. The molecule has 0 saturated carbocycles. The molecule has 138 valence electrons. The molecule has 0 heterocycles. The third-order valence-electron chi connectivity index (χ3n) is 3.87. The van der Waals surface area contributed by atoms with E-state index in [2.05, 4.69) is 54.0 Å². The summed E-state index contributed by atoms with van der Waals surface area (Å²) in [5.74, 6) is 1.19. The van der Waals surface area contributed by atoms with Crippen LogP contribution in [0.3, 0.4) is 0 Å². The Balaban J connectivity index is 4.12. The highest BCUT2D eigenvalue weighted by atomic mass is 16.7. The molecule has 0 spiro atoms. The summed E-state index contributed by atoms with van der Waals surface area (Å²) < 4.78 is 16.6. The van der Waals surface area contributed by atoms with E-state index in [-0.39, 0.29) is 11.0 Å². The predicted octanol–water partition coefficient (Wildman–Crippen LogP) is 6.15. The van der Waals surface area contributed by atoms with E-state index < -0.39 is 0 Å². The minimum Gasteiger partial charge on any atom is -0.495 e. The monoisotopic (exact) mass is 336 g/mol. The van der Waals surface area contributed by atoms with Gasteiger partial charge in [0.05, 0.1) is 5.76 Å². The second-order valence-corrected chi connectivity index (χ2v) is 7.49. The summed E-state index contributed by atoms with van der Waals surface area (Å²) in [5.41, 5.74) is -0.0437. The number of ether oxygens (including phenoxy) is 3. The molecule has 0 aliphatic heterocycles. The van der Waals surface area contributed by atoms with Gasteiger partial charge in [0.25, 0.3) is 5.95 Å². The van der Waals surface area contributed by atoms with E-state index >= 15 is 0 Å². The molecule has 0 aromatic carbocycles. The van der Waals surface area contributed by atoms with Gasteiger partial charge in [-0.25, -0.2) is 0 Å². The van der Waals surface area contributed by atoms with Crippen molar-refractivity contribution in [2.75, 3.05) is 13.2 Å². The Labute approximate surface area is 149 Å². The number of hydrogen-bond donors (Lipinski definition) is 0. The average molecular weight is 337 g/mol. The van der Waals surface area contributed by atoms with Gasteiger partial charge in [-0.15, -0.1) is 0 Å². The highest BCUT2D eigenvalue weighted by Crippen LogP contribution is 2.32. The highest BCUT2D eigenvalue weighted by molar-refractivity contribution is 4.87. The van der Waals surface area contributed by atoms with Crippen molar-refractivity contribution in [1.82, 2.24) is 0 Å². The van der Waals surface area contributed by atoms with E-state index in [9.17, 15) is 0 Å². The van der Waals surface area contributed by atoms with Crippen LogP contribution in [0.4, 0.5) is 0 Å². The molecule has 3 heteroatoms. The Kier molecular flexibility index (Phi) is 10.3. The molecule has 0 aromatic rings. The lowest BCUT2D eigenvalue weighted by Gasteiger charge is -2.30. The fourth-order valence-electron chi connectivity index (χ4n) is 2.38. The second-order valence-electron chi connectivity index (χ2n) is 7.49. The Morgan fingerprint density at radius 1 is 0.875 bits per heavy atom. The SMILES string of the molecule is C=CCOC(=C)CCC(C)(C)CCCC(C)(C)OC(=C)OCC=C. The van der Waals surface area contributed by atoms with Gasteiger partial charge in [-0.1, -0.05) is 45.7 Å². The van der Waals surface area contributed by atoms with Gasteiger partial charge in [0, 0.05) is 6.42 Å². The standard InChI is InChI=1S/C21H36O3/c1-9-16-22-18(3)12-15-20(5,6)13-11-14-21(7,8)24-19(4)23-17-10-2/h9-10H,1-4,11-17H2,5-8H3. The summed E-state index contributed by atoms with van der Waals surface area (Å²) in [6.45, 7) is 24.6. The lowest BCUT2D eigenvalue weighted by Crippen LogP contribution is -2.25. The molecule has 0 rings (SSSR count). The third-order valence-corrected chi connectivity index (χ3v) is 3.87. The molecular formula is C21H36O3. The van der Waals surface area contributed by atoms with Crippen LogP contribution in [0.15, 0.2) is 50.2 Å². The minimum absolute atomic E-state index is 0.243. The molecule has 0 aromatic heterocycles. The first-order valence-corrected chi connectivity index (χ1v) is 8.65. The van der Waals surface area contributed by atoms with Gasteiger partial charge in [0.1, 0.15) is 18.8 Å². The van der Waals surface area contributed by atoms with Crippen molar-refractivity contribution in [2.45, 2.75) is 65.4 Å². The smallest absolute Gasteiger partial charge is 0.272 e. The van der Waals surface area contributed by atoms with Crippen LogP contribution in [-0.2, 0) is 14.2 Å². The summed E-state index contributed by atoms with van der Waals surface area (Å²) in [6.07, 6.45) is 8.50. The molecule has 0 radical (unpaired) electrons. The van der Waals surface area contributed by atoms with E-state index in [1.54, 1.807) is 12.2 Å². The predicted molar refractivity (Wildman–Crippen MR) is 103 cm³/mol. The van der Waals surface area contributed by atoms with Gasteiger partial charge >= 0.3 is 0 Å². The zero-order valence-electron chi connectivity index (χ0n) is 16.2. The van der Waals surface area contributed by atoms with Crippen molar-refractivity contribution in [1.29, 1.82) is 0 Å². The fourth-order valence-corrected chi connectivity index (χ4v) is 2.38. The molecule has 3 nitrogen and oxygen atoms in total.